The van der Waals surface area contributed by atoms with Gasteiger partial charge in [0, 0.05) is 16.7 Å². The van der Waals surface area contributed by atoms with Crippen LogP contribution in [-0.4, -0.2) is 15.7 Å². The molecular formula is C26H20ClFN2O4. The molecule has 4 aromatic rings. The Morgan fingerprint density at radius 1 is 1.15 bits per heavy atom. The number of esters is 1. The summed E-state index contributed by atoms with van der Waals surface area (Å²) in [5.41, 5.74) is 3.07. The van der Waals surface area contributed by atoms with E-state index in [2.05, 4.69) is 5.10 Å². The predicted octanol–water partition coefficient (Wildman–Crippen LogP) is 5.94. The zero-order valence-corrected chi connectivity index (χ0v) is 19.0. The summed E-state index contributed by atoms with van der Waals surface area (Å²) in [6.45, 7) is 1.64. The number of rotatable bonds is 5. The van der Waals surface area contributed by atoms with Crippen LogP contribution < -0.4 is 4.74 Å². The van der Waals surface area contributed by atoms with Crippen molar-refractivity contribution in [2.45, 2.75) is 26.4 Å². The first-order valence-corrected chi connectivity index (χ1v) is 11.0. The number of hydrogen-bond acceptors (Lipinski definition) is 5. The van der Waals surface area contributed by atoms with Gasteiger partial charge in [0.2, 0.25) is 6.29 Å². The van der Waals surface area contributed by atoms with E-state index in [-0.39, 0.29) is 23.9 Å². The van der Waals surface area contributed by atoms with Crippen molar-refractivity contribution >= 4 is 17.6 Å². The molecule has 0 aliphatic carbocycles. The molecule has 0 bridgehead atoms. The fraction of sp³-hybridized carbons (Fsp3) is 0.154. The molecule has 1 unspecified atom stereocenters. The third-order valence-electron chi connectivity index (χ3n) is 5.46. The number of halogens is 2. The first-order chi connectivity index (χ1) is 16.5. The Kier molecular flexibility index (Phi) is 6.04. The Morgan fingerprint density at radius 3 is 2.59 bits per heavy atom. The van der Waals surface area contributed by atoms with Gasteiger partial charge in [-0.3, -0.25) is 0 Å². The second kappa shape index (κ2) is 9.29. The molecule has 1 aromatic heterocycles. The standard InChI is InChI=1S/C26H20ClFN2O4/c1-16-22(24(27)30(29-16)21-10-6-3-7-11-21)25(31)32-14-18-12-20(28)13-19-15-33-26(34-23(18)19)17-8-4-2-5-9-17/h2-13,26H,14-15H2,1H3. The van der Waals surface area contributed by atoms with Crippen molar-refractivity contribution in [2.75, 3.05) is 0 Å². The highest BCUT2D eigenvalue weighted by Crippen LogP contribution is 2.37. The summed E-state index contributed by atoms with van der Waals surface area (Å²) >= 11 is 6.47. The van der Waals surface area contributed by atoms with Gasteiger partial charge in [-0.05, 0) is 31.2 Å². The zero-order chi connectivity index (χ0) is 23.7. The molecule has 5 rings (SSSR count). The van der Waals surface area contributed by atoms with Crippen LogP contribution in [-0.2, 0) is 22.7 Å². The quantitative estimate of drug-likeness (QED) is 0.332. The number of nitrogens with zero attached hydrogens (tertiary/aromatic N) is 2. The van der Waals surface area contributed by atoms with Gasteiger partial charge in [-0.1, -0.05) is 60.1 Å². The molecule has 0 fully saturated rings. The van der Waals surface area contributed by atoms with E-state index in [0.717, 1.165) is 5.56 Å². The van der Waals surface area contributed by atoms with Crippen LogP contribution >= 0.6 is 11.6 Å². The van der Waals surface area contributed by atoms with Crippen molar-refractivity contribution in [1.82, 2.24) is 9.78 Å². The molecule has 0 N–H and O–H groups in total. The Labute approximate surface area is 200 Å². The molecule has 0 radical (unpaired) electrons. The molecular weight excluding hydrogens is 459 g/mol. The van der Waals surface area contributed by atoms with Crippen LogP contribution in [0.15, 0.2) is 72.8 Å². The highest BCUT2D eigenvalue weighted by atomic mass is 35.5. The molecule has 6 nitrogen and oxygen atoms in total. The number of aromatic nitrogens is 2. The van der Waals surface area contributed by atoms with Gasteiger partial charge in [-0.15, -0.1) is 0 Å². The minimum Gasteiger partial charge on any atom is -0.460 e. The number of ether oxygens (including phenoxy) is 3. The lowest BCUT2D eigenvalue weighted by Crippen LogP contribution is -2.20. The van der Waals surface area contributed by atoms with Gasteiger partial charge in [-0.2, -0.15) is 5.10 Å². The van der Waals surface area contributed by atoms with Gasteiger partial charge in [0.15, 0.2) is 0 Å². The number of para-hydroxylation sites is 1. The summed E-state index contributed by atoms with van der Waals surface area (Å²) in [6, 6.07) is 21.3. The number of hydrogen-bond donors (Lipinski definition) is 0. The Balaban J connectivity index is 1.38. The summed E-state index contributed by atoms with van der Waals surface area (Å²) in [4.78, 5) is 12.9. The summed E-state index contributed by atoms with van der Waals surface area (Å²) in [5, 5.41) is 4.51. The fourth-order valence-corrected chi connectivity index (χ4v) is 4.19. The molecule has 0 saturated carbocycles. The van der Waals surface area contributed by atoms with E-state index in [1.165, 1.54) is 16.8 Å². The maximum atomic E-state index is 14.3. The smallest absolute Gasteiger partial charge is 0.343 e. The van der Waals surface area contributed by atoms with E-state index >= 15 is 0 Å². The highest BCUT2D eigenvalue weighted by molar-refractivity contribution is 6.33. The Hall–Kier alpha value is -3.68. The molecule has 8 heteroatoms. The number of benzene rings is 3. The Morgan fingerprint density at radius 2 is 1.85 bits per heavy atom. The number of carbonyl (C=O) groups excluding carboxylic acids is 1. The maximum absolute atomic E-state index is 14.3. The monoisotopic (exact) mass is 478 g/mol. The van der Waals surface area contributed by atoms with E-state index in [4.69, 9.17) is 25.8 Å². The van der Waals surface area contributed by atoms with Crippen LogP contribution in [0.5, 0.6) is 5.75 Å². The van der Waals surface area contributed by atoms with Gasteiger partial charge in [-0.25, -0.2) is 13.9 Å². The van der Waals surface area contributed by atoms with E-state index in [9.17, 15) is 9.18 Å². The topological polar surface area (TPSA) is 62.6 Å². The van der Waals surface area contributed by atoms with E-state index in [0.29, 0.717) is 28.3 Å². The largest absolute Gasteiger partial charge is 0.460 e. The lowest BCUT2D eigenvalue weighted by atomic mass is 10.1. The van der Waals surface area contributed by atoms with Crippen LogP contribution in [0.2, 0.25) is 5.15 Å². The zero-order valence-electron chi connectivity index (χ0n) is 18.2. The molecule has 34 heavy (non-hydrogen) atoms. The Bertz CT molecular complexity index is 1340. The van der Waals surface area contributed by atoms with Gasteiger partial charge in [0.1, 0.15) is 28.9 Å². The molecule has 1 aliphatic heterocycles. The molecule has 172 valence electrons. The molecule has 0 amide bonds. The van der Waals surface area contributed by atoms with E-state index in [1.807, 2.05) is 60.7 Å². The summed E-state index contributed by atoms with van der Waals surface area (Å²) < 4.78 is 33.0. The van der Waals surface area contributed by atoms with Crippen LogP contribution in [0.3, 0.4) is 0 Å². The third kappa shape index (κ3) is 4.27. The first-order valence-electron chi connectivity index (χ1n) is 10.6. The average molecular weight is 479 g/mol. The average Bonchev–Trinajstić information content (AvgIpc) is 3.16. The summed E-state index contributed by atoms with van der Waals surface area (Å²) in [7, 11) is 0. The van der Waals surface area contributed by atoms with Gasteiger partial charge in [0.25, 0.3) is 0 Å². The number of carbonyl (C=O) groups is 1. The van der Waals surface area contributed by atoms with Crippen molar-refractivity contribution in [1.29, 1.82) is 0 Å². The molecule has 1 atom stereocenters. The molecule has 1 aliphatic rings. The molecule has 2 heterocycles. The maximum Gasteiger partial charge on any atom is 0.343 e. The molecule has 0 spiro atoms. The van der Waals surface area contributed by atoms with E-state index < -0.39 is 18.1 Å². The predicted molar refractivity (Wildman–Crippen MR) is 123 cm³/mol. The number of fused-ring (bicyclic) bond motifs is 1. The van der Waals surface area contributed by atoms with Crippen LogP contribution in [0, 0.1) is 12.7 Å². The fourth-order valence-electron chi connectivity index (χ4n) is 3.85. The summed E-state index contributed by atoms with van der Waals surface area (Å²) in [6.07, 6.45) is -0.644. The van der Waals surface area contributed by atoms with Crippen LogP contribution in [0.4, 0.5) is 4.39 Å². The van der Waals surface area contributed by atoms with Gasteiger partial charge in [0.05, 0.1) is 18.0 Å². The van der Waals surface area contributed by atoms with Crippen molar-refractivity contribution in [2.24, 2.45) is 0 Å². The van der Waals surface area contributed by atoms with Gasteiger partial charge < -0.3 is 14.2 Å². The lowest BCUT2D eigenvalue weighted by Gasteiger charge is -2.28. The van der Waals surface area contributed by atoms with Crippen molar-refractivity contribution in [3.8, 4) is 11.4 Å². The lowest BCUT2D eigenvalue weighted by molar-refractivity contribution is -0.112. The number of aryl methyl sites for hydroxylation is 1. The highest BCUT2D eigenvalue weighted by Gasteiger charge is 2.27. The van der Waals surface area contributed by atoms with Crippen LogP contribution in [0.25, 0.3) is 5.69 Å². The summed E-state index contributed by atoms with van der Waals surface area (Å²) in [5.74, 6) is -0.687. The van der Waals surface area contributed by atoms with Crippen molar-refractivity contribution in [3.05, 3.63) is 112 Å². The molecule has 0 saturated heterocycles. The van der Waals surface area contributed by atoms with Crippen molar-refractivity contribution in [3.63, 3.8) is 0 Å². The minimum absolute atomic E-state index is 0.142. The third-order valence-corrected chi connectivity index (χ3v) is 5.81. The second-order valence-corrected chi connectivity index (χ2v) is 8.16. The second-order valence-electron chi connectivity index (χ2n) is 7.80. The van der Waals surface area contributed by atoms with Crippen molar-refractivity contribution < 1.29 is 23.4 Å². The first kappa shape index (κ1) is 22.1. The van der Waals surface area contributed by atoms with Gasteiger partial charge >= 0.3 is 5.97 Å². The molecule has 3 aromatic carbocycles. The van der Waals surface area contributed by atoms with Crippen LogP contribution in [0.1, 0.15) is 39.0 Å². The minimum atomic E-state index is -0.658. The SMILES string of the molecule is Cc1nn(-c2ccccc2)c(Cl)c1C(=O)OCc1cc(F)cc2c1OC(c1ccccc1)OC2. The van der Waals surface area contributed by atoms with E-state index in [1.54, 1.807) is 6.92 Å². The normalized spacial score (nSPS) is 14.9.